The number of carbonyl (C=O) groups excluding carboxylic acids is 1. The molecule has 2 atom stereocenters. The van der Waals surface area contributed by atoms with Crippen molar-refractivity contribution in [1.29, 1.82) is 0 Å². The van der Waals surface area contributed by atoms with Crippen LogP contribution >= 0.6 is 27.5 Å². The molecule has 0 aliphatic rings. The first-order valence-electron chi connectivity index (χ1n) is 5.97. The van der Waals surface area contributed by atoms with Gasteiger partial charge in [-0.3, -0.25) is 4.79 Å². The molecule has 106 valence electrons. The maximum absolute atomic E-state index is 11.9. The third-order valence-corrected chi connectivity index (χ3v) is 3.49. The molecule has 0 heterocycles. The Morgan fingerprint density at radius 3 is 2.53 bits per heavy atom. The van der Waals surface area contributed by atoms with Gasteiger partial charge in [-0.05, 0) is 51.5 Å². The van der Waals surface area contributed by atoms with Gasteiger partial charge >= 0.3 is 5.97 Å². The van der Waals surface area contributed by atoms with Crippen LogP contribution in [-0.4, -0.2) is 16.7 Å². The lowest BCUT2D eigenvalue weighted by Gasteiger charge is -2.25. The summed E-state index contributed by atoms with van der Waals surface area (Å²) in [5.41, 5.74) is 0.00208. The number of benzene rings is 1. The molecule has 0 aliphatic carbocycles. The maximum atomic E-state index is 11.9. The smallest absolute Gasteiger partial charge is 0.312 e. The lowest BCUT2D eigenvalue weighted by Crippen LogP contribution is -2.30. The van der Waals surface area contributed by atoms with Crippen molar-refractivity contribution in [2.45, 2.75) is 39.4 Å². The molecule has 0 fully saturated rings. The average Bonchev–Trinajstić information content (AvgIpc) is 2.28. The molecule has 0 aromatic heterocycles. The van der Waals surface area contributed by atoms with Crippen molar-refractivity contribution in [3.63, 3.8) is 0 Å². The second-order valence-electron chi connectivity index (χ2n) is 5.43. The van der Waals surface area contributed by atoms with Crippen molar-refractivity contribution < 1.29 is 14.6 Å². The molecule has 3 nitrogen and oxygen atoms in total. The number of halogens is 2. The topological polar surface area (TPSA) is 46.5 Å². The van der Waals surface area contributed by atoms with Crippen LogP contribution in [0, 0.1) is 5.92 Å². The number of hydrogen-bond donors (Lipinski definition) is 1. The molecule has 1 N–H and O–H groups in total. The van der Waals surface area contributed by atoms with E-state index in [-0.39, 0.29) is 0 Å². The highest BCUT2D eigenvalue weighted by Crippen LogP contribution is 2.32. The quantitative estimate of drug-likeness (QED) is 0.835. The van der Waals surface area contributed by atoms with E-state index in [1.165, 1.54) is 0 Å². The van der Waals surface area contributed by atoms with E-state index >= 15 is 0 Å². The molecule has 0 bridgehead atoms. The minimum atomic E-state index is -0.970. The second kappa shape index (κ2) is 6.25. The maximum Gasteiger partial charge on any atom is 0.312 e. The Hall–Kier alpha value is -0.580. The Balaban J connectivity index is 2.90. The van der Waals surface area contributed by atoms with E-state index in [1.807, 2.05) is 0 Å². The van der Waals surface area contributed by atoms with Gasteiger partial charge in [-0.25, -0.2) is 0 Å². The largest absolute Gasteiger partial charge is 0.460 e. The molecule has 0 spiro atoms. The van der Waals surface area contributed by atoms with E-state index in [4.69, 9.17) is 16.3 Å². The SMILES string of the molecule is CC(C(=O)OC(C)(C)C)C(O)c1cc(Cl)ccc1Br. The van der Waals surface area contributed by atoms with Crippen LogP contribution in [-0.2, 0) is 9.53 Å². The molecule has 0 saturated carbocycles. The number of esters is 1. The van der Waals surface area contributed by atoms with Crippen molar-refractivity contribution in [3.8, 4) is 0 Å². The summed E-state index contributed by atoms with van der Waals surface area (Å²) in [6.45, 7) is 7.00. The van der Waals surface area contributed by atoms with Gasteiger partial charge in [-0.15, -0.1) is 0 Å². The lowest BCUT2D eigenvalue weighted by atomic mass is 9.97. The predicted octanol–water partition coefficient (Wildman–Crippen LogP) is 4.11. The van der Waals surface area contributed by atoms with Crippen LogP contribution in [0.2, 0.25) is 5.02 Å². The van der Waals surface area contributed by atoms with Gasteiger partial charge < -0.3 is 9.84 Å². The normalized spacial score (nSPS) is 14.9. The summed E-state index contributed by atoms with van der Waals surface area (Å²) in [7, 11) is 0. The molecule has 5 heteroatoms. The lowest BCUT2D eigenvalue weighted by molar-refractivity contribution is -0.163. The average molecular weight is 350 g/mol. The molecule has 1 rings (SSSR count). The number of hydrogen-bond acceptors (Lipinski definition) is 3. The molecule has 1 aromatic rings. The third kappa shape index (κ3) is 4.79. The molecule has 19 heavy (non-hydrogen) atoms. The predicted molar refractivity (Wildman–Crippen MR) is 79.1 cm³/mol. The molecule has 0 radical (unpaired) electrons. The summed E-state index contributed by atoms with van der Waals surface area (Å²) in [5, 5.41) is 10.8. The van der Waals surface area contributed by atoms with E-state index < -0.39 is 23.6 Å². The first kappa shape index (κ1) is 16.5. The minimum Gasteiger partial charge on any atom is -0.460 e. The number of aliphatic hydroxyl groups is 1. The number of carbonyl (C=O) groups is 1. The highest BCUT2D eigenvalue weighted by Gasteiger charge is 2.29. The highest BCUT2D eigenvalue weighted by molar-refractivity contribution is 9.10. The van der Waals surface area contributed by atoms with Crippen molar-refractivity contribution in [1.82, 2.24) is 0 Å². The summed E-state index contributed by atoms with van der Waals surface area (Å²) in [6.07, 6.45) is -0.970. The van der Waals surface area contributed by atoms with E-state index in [0.29, 0.717) is 15.1 Å². The molecule has 1 aromatic carbocycles. The summed E-state index contributed by atoms with van der Waals surface area (Å²) < 4.78 is 5.97. The van der Waals surface area contributed by atoms with Crippen LogP contribution in [0.4, 0.5) is 0 Å². The standard InChI is InChI=1S/C14H18BrClO3/c1-8(13(18)19-14(2,3)4)12(17)10-7-9(16)5-6-11(10)15/h5-8,12,17H,1-4H3. The van der Waals surface area contributed by atoms with Gasteiger partial charge in [0, 0.05) is 9.50 Å². The van der Waals surface area contributed by atoms with Crippen LogP contribution in [0.3, 0.4) is 0 Å². The molecular weight excluding hydrogens is 332 g/mol. The van der Waals surface area contributed by atoms with E-state index in [2.05, 4.69) is 15.9 Å². The zero-order valence-corrected chi connectivity index (χ0v) is 13.7. The van der Waals surface area contributed by atoms with E-state index in [9.17, 15) is 9.90 Å². The zero-order chi connectivity index (χ0) is 14.8. The summed E-state index contributed by atoms with van der Waals surface area (Å²) in [6, 6.07) is 5.08. The fourth-order valence-electron chi connectivity index (χ4n) is 1.53. The van der Waals surface area contributed by atoms with Crippen LogP contribution in [0.5, 0.6) is 0 Å². The van der Waals surface area contributed by atoms with E-state index in [1.54, 1.807) is 45.9 Å². The molecule has 0 amide bonds. The summed E-state index contributed by atoms with van der Waals surface area (Å²) >= 11 is 9.24. The first-order valence-corrected chi connectivity index (χ1v) is 7.15. The summed E-state index contributed by atoms with van der Waals surface area (Å²) in [5.74, 6) is -1.11. The molecule has 0 saturated heterocycles. The molecular formula is C14H18BrClO3. The van der Waals surface area contributed by atoms with Gasteiger partial charge in [0.2, 0.25) is 0 Å². The van der Waals surface area contributed by atoms with Crippen molar-refractivity contribution in [2.75, 3.05) is 0 Å². The van der Waals surface area contributed by atoms with Crippen molar-refractivity contribution >= 4 is 33.5 Å². The highest BCUT2D eigenvalue weighted by atomic mass is 79.9. The minimum absolute atomic E-state index is 0.438. The number of ether oxygens (including phenoxy) is 1. The van der Waals surface area contributed by atoms with Crippen molar-refractivity contribution in [3.05, 3.63) is 33.3 Å². The van der Waals surface area contributed by atoms with Gasteiger partial charge in [0.05, 0.1) is 12.0 Å². The van der Waals surface area contributed by atoms with Crippen LogP contribution in [0.15, 0.2) is 22.7 Å². The number of aliphatic hydroxyl groups excluding tert-OH is 1. The van der Waals surface area contributed by atoms with Gasteiger partial charge in [-0.1, -0.05) is 27.5 Å². The van der Waals surface area contributed by atoms with Crippen LogP contribution in [0.25, 0.3) is 0 Å². The van der Waals surface area contributed by atoms with Gasteiger partial charge in [0.15, 0.2) is 0 Å². The molecule has 2 unspecified atom stereocenters. The van der Waals surface area contributed by atoms with Crippen LogP contribution < -0.4 is 0 Å². The van der Waals surface area contributed by atoms with Crippen LogP contribution in [0.1, 0.15) is 39.4 Å². The van der Waals surface area contributed by atoms with Gasteiger partial charge in [-0.2, -0.15) is 0 Å². The Labute approximate surface area is 127 Å². The summed E-state index contributed by atoms with van der Waals surface area (Å²) in [4.78, 5) is 11.9. The van der Waals surface area contributed by atoms with Crippen molar-refractivity contribution in [2.24, 2.45) is 5.92 Å². The Kier molecular flexibility index (Phi) is 5.42. The Morgan fingerprint density at radius 1 is 1.42 bits per heavy atom. The second-order valence-corrected chi connectivity index (χ2v) is 6.72. The van der Waals surface area contributed by atoms with Gasteiger partial charge in [0.25, 0.3) is 0 Å². The molecule has 0 aliphatic heterocycles. The first-order chi connectivity index (χ1) is 8.61. The van der Waals surface area contributed by atoms with E-state index in [0.717, 1.165) is 0 Å². The zero-order valence-electron chi connectivity index (χ0n) is 11.4. The Bertz CT molecular complexity index is 468. The third-order valence-electron chi connectivity index (χ3n) is 2.53. The monoisotopic (exact) mass is 348 g/mol. The Morgan fingerprint density at radius 2 is 2.00 bits per heavy atom. The van der Waals surface area contributed by atoms with Gasteiger partial charge in [0.1, 0.15) is 5.60 Å². The fourth-order valence-corrected chi connectivity index (χ4v) is 2.20. The number of rotatable bonds is 3. The fraction of sp³-hybridized carbons (Fsp3) is 0.500.